The molecule has 142 valence electrons. The van der Waals surface area contributed by atoms with Crippen molar-refractivity contribution in [2.45, 2.75) is 25.3 Å². The Balaban J connectivity index is 1.83. The first-order valence-electron chi connectivity index (χ1n) is 8.89. The van der Waals surface area contributed by atoms with Gasteiger partial charge in [-0.25, -0.2) is 8.78 Å². The molecule has 0 radical (unpaired) electrons. The molecule has 0 saturated carbocycles. The summed E-state index contributed by atoms with van der Waals surface area (Å²) in [6, 6.07) is 2.10. The lowest BCUT2D eigenvalue weighted by molar-refractivity contribution is -0.129. The van der Waals surface area contributed by atoms with Gasteiger partial charge >= 0.3 is 0 Å². The summed E-state index contributed by atoms with van der Waals surface area (Å²) in [5, 5.41) is 6.70. The van der Waals surface area contributed by atoms with Gasteiger partial charge in [-0.3, -0.25) is 4.79 Å². The van der Waals surface area contributed by atoms with Crippen LogP contribution in [0.15, 0.2) is 12.1 Å². The maximum absolute atomic E-state index is 14.3. The second kappa shape index (κ2) is 7.97. The molecule has 1 fully saturated rings. The van der Waals surface area contributed by atoms with Gasteiger partial charge in [0.1, 0.15) is 11.6 Å². The first-order valence-corrected chi connectivity index (χ1v) is 12.3. The lowest BCUT2D eigenvalue weighted by Gasteiger charge is -2.41. The van der Waals surface area contributed by atoms with E-state index in [0.29, 0.717) is 23.9 Å². The molecule has 3 heterocycles. The fraction of sp³-hybridized carbons (Fsp3) is 0.421. The predicted molar refractivity (Wildman–Crippen MR) is 111 cm³/mol. The Morgan fingerprint density at radius 1 is 1.30 bits per heavy atom. The molecular weight excluding hydrogens is 483 g/mol. The number of rotatable bonds is 1. The largest absolute Gasteiger partial charge is 0.354 e. The van der Waals surface area contributed by atoms with Gasteiger partial charge < -0.3 is 15.2 Å². The smallest absolute Gasteiger partial charge is 0.299 e. The van der Waals surface area contributed by atoms with Crippen molar-refractivity contribution in [3.05, 3.63) is 35.0 Å². The van der Waals surface area contributed by atoms with E-state index in [1.807, 2.05) is 26.1 Å². The van der Waals surface area contributed by atoms with E-state index in [1.54, 1.807) is 0 Å². The molecule has 1 unspecified atom stereocenters. The number of hydrogen-bond acceptors (Lipinski definition) is 3. The van der Waals surface area contributed by atoms with Gasteiger partial charge in [-0.05, 0) is 64.1 Å². The van der Waals surface area contributed by atoms with Crippen LogP contribution in [0.5, 0.6) is 0 Å². The van der Waals surface area contributed by atoms with Crippen molar-refractivity contribution in [1.82, 2.24) is 15.2 Å². The number of benzene rings is 1. The van der Waals surface area contributed by atoms with Gasteiger partial charge in [-0.1, -0.05) is 0 Å². The van der Waals surface area contributed by atoms with Crippen LogP contribution in [-0.2, 0) is 11.2 Å². The number of aromatic amines is 1. The highest BCUT2D eigenvalue weighted by atomic mass is 127. The third-order valence-electron chi connectivity index (χ3n) is 5.49. The number of carbonyl (C=O) groups is 1. The molecule has 27 heavy (non-hydrogen) atoms. The van der Waals surface area contributed by atoms with Crippen molar-refractivity contribution in [3.63, 3.8) is 0 Å². The Hall–Kier alpha value is -1.31. The molecule has 2 aromatic rings. The van der Waals surface area contributed by atoms with E-state index in [9.17, 15) is 13.6 Å². The van der Waals surface area contributed by atoms with Crippen LogP contribution in [0.4, 0.5) is 8.78 Å². The number of fused-ring (bicyclic) bond motifs is 3. The van der Waals surface area contributed by atoms with Crippen LogP contribution in [0.2, 0.25) is 0 Å². The van der Waals surface area contributed by atoms with Crippen LogP contribution in [0.3, 0.4) is 0 Å². The molecule has 2 aliphatic rings. The van der Waals surface area contributed by atoms with Gasteiger partial charge in [0.25, 0.3) is 5.91 Å². The number of hydrogen-bond donors (Lipinski definition) is 2. The van der Waals surface area contributed by atoms with Gasteiger partial charge in [0.2, 0.25) is 0 Å². The van der Waals surface area contributed by atoms with E-state index in [2.05, 4.69) is 21.5 Å². The fourth-order valence-corrected chi connectivity index (χ4v) is 4.81. The van der Waals surface area contributed by atoms with Crippen LogP contribution in [0.1, 0.15) is 30.1 Å². The fourth-order valence-electron chi connectivity index (χ4n) is 4.36. The van der Waals surface area contributed by atoms with Crippen molar-refractivity contribution in [3.8, 4) is 11.2 Å². The van der Waals surface area contributed by atoms with E-state index < -0.39 is 11.6 Å². The van der Waals surface area contributed by atoms with Crippen LogP contribution in [0.25, 0.3) is 10.9 Å². The molecule has 1 amide bonds. The maximum Gasteiger partial charge on any atom is 0.299 e. The Bertz CT molecular complexity index is 946. The van der Waals surface area contributed by atoms with Crippen molar-refractivity contribution in [1.29, 1.82) is 0 Å². The van der Waals surface area contributed by atoms with Crippen LogP contribution < -0.4 is 5.32 Å². The second-order valence-electron chi connectivity index (χ2n) is 6.91. The minimum absolute atomic E-state index is 0.188. The summed E-state index contributed by atoms with van der Waals surface area (Å²) >= 11 is 2.04. The average Bonchev–Trinajstić information content (AvgIpc) is 3.05. The summed E-state index contributed by atoms with van der Waals surface area (Å²) in [5.74, 6) is 1.55. The molecule has 4 rings (SSSR count). The zero-order valence-electron chi connectivity index (χ0n) is 14.4. The van der Waals surface area contributed by atoms with Gasteiger partial charge in [0.15, 0.2) is 0 Å². The normalized spacial score (nSPS) is 20.3. The number of amides is 1. The quantitative estimate of drug-likeness (QED) is 0.461. The third kappa shape index (κ3) is 3.57. The van der Waals surface area contributed by atoms with E-state index in [4.69, 9.17) is 0 Å². The highest BCUT2D eigenvalue weighted by molar-refractivity contribution is 14.2. The van der Waals surface area contributed by atoms with Crippen molar-refractivity contribution in [2.24, 2.45) is 5.92 Å². The van der Waals surface area contributed by atoms with E-state index >= 15 is 0 Å². The standard InChI is InChI=1S/C19H18F2IN3OS/c20-12-9-14-13-3-7-25(16(26)4-8-27-22)19(11-1-5-23-6-2-11)18(13)24-17(14)15(21)10-12/h9-11,19,23-24H,1-3,5-7H2. The zero-order chi connectivity index (χ0) is 19.0. The molecule has 1 saturated heterocycles. The Morgan fingerprint density at radius 2 is 2.07 bits per heavy atom. The number of halogens is 3. The number of nitrogens with one attached hydrogen (secondary N) is 2. The topological polar surface area (TPSA) is 48.1 Å². The first-order chi connectivity index (χ1) is 13.1. The first kappa shape index (κ1) is 19.0. The SMILES string of the molecule is O=C(C#CSI)N1CCc2c([nH]c3c(F)cc(F)cc23)C1C1CCNCC1. The van der Waals surface area contributed by atoms with Crippen LogP contribution in [0, 0.1) is 28.7 Å². The second-order valence-corrected chi connectivity index (χ2v) is 8.59. The van der Waals surface area contributed by atoms with Gasteiger partial charge in [-0.15, -0.1) is 0 Å². The number of H-pyrrole nitrogens is 1. The van der Waals surface area contributed by atoms with Gasteiger partial charge in [0.05, 0.1) is 11.6 Å². The molecule has 0 bridgehead atoms. The number of piperidine rings is 1. The summed E-state index contributed by atoms with van der Waals surface area (Å²) in [5.41, 5.74) is 2.08. The average molecular weight is 501 g/mol. The monoisotopic (exact) mass is 501 g/mol. The third-order valence-corrected chi connectivity index (χ3v) is 6.33. The van der Waals surface area contributed by atoms with Crippen LogP contribution in [-0.4, -0.2) is 35.4 Å². The highest BCUT2D eigenvalue weighted by Crippen LogP contribution is 2.42. The lowest BCUT2D eigenvalue weighted by Crippen LogP contribution is -2.45. The molecule has 8 heteroatoms. The summed E-state index contributed by atoms with van der Waals surface area (Å²) in [6.45, 7) is 2.28. The number of carbonyl (C=O) groups excluding carboxylic acids is 1. The Kier molecular flexibility index (Phi) is 5.62. The summed E-state index contributed by atoms with van der Waals surface area (Å²) < 4.78 is 28.1. The van der Waals surface area contributed by atoms with Gasteiger partial charge in [0, 0.05) is 50.8 Å². The summed E-state index contributed by atoms with van der Waals surface area (Å²) in [6.07, 6.45) is 2.41. The van der Waals surface area contributed by atoms with Crippen molar-refractivity contribution >= 4 is 46.9 Å². The van der Waals surface area contributed by atoms with E-state index in [-0.39, 0.29) is 17.9 Å². The van der Waals surface area contributed by atoms with Crippen molar-refractivity contribution < 1.29 is 13.6 Å². The maximum atomic E-state index is 14.3. The van der Waals surface area contributed by atoms with Crippen molar-refractivity contribution in [2.75, 3.05) is 19.6 Å². The summed E-state index contributed by atoms with van der Waals surface area (Å²) in [4.78, 5) is 17.7. The highest BCUT2D eigenvalue weighted by Gasteiger charge is 2.38. The molecule has 4 nitrogen and oxygen atoms in total. The molecular formula is C19H18F2IN3OS. The lowest BCUT2D eigenvalue weighted by atomic mass is 9.83. The number of aromatic nitrogens is 1. The molecule has 2 aliphatic heterocycles. The predicted octanol–water partition coefficient (Wildman–Crippen LogP) is 3.92. The Morgan fingerprint density at radius 3 is 2.81 bits per heavy atom. The molecule has 0 spiro atoms. The zero-order valence-corrected chi connectivity index (χ0v) is 17.4. The van der Waals surface area contributed by atoms with E-state index in [1.165, 1.54) is 15.0 Å². The van der Waals surface area contributed by atoms with Gasteiger partial charge in [-0.2, -0.15) is 0 Å². The van der Waals surface area contributed by atoms with E-state index in [0.717, 1.165) is 43.3 Å². The Labute approximate surface area is 172 Å². The molecule has 0 aliphatic carbocycles. The molecule has 1 aromatic carbocycles. The van der Waals surface area contributed by atoms with Crippen LogP contribution >= 0.6 is 30.1 Å². The number of nitrogens with zero attached hydrogens (tertiary/aromatic N) is 1. The molecule has 1 aromatic heterocycles. The summed E-state index contributed by atoms with van der Waals surface area (Å²) in [7, 11) is 1.28. The minimum Gasteiger partial charge on any atom is -0.354 e. The molecule has 2 N–H and O–H groups in total. The molecule has 1 atom stereocenters. The minimum atomic E-state index is -0.595.